The fourth-order valence-electron chi connectivity index (χ4n) is 3.14. The molecule has 1 aliphatic heterocycles. The quantitative estimate of drug-likeness (QED) is 0.871. The van der Waals surface area contributed by atoms with Gasteiger partial charge in [0.15, 0.2) is 0 Å². The molecule has 0 bridgehead atoms. The van der Waals surface area contributed by atoms with Gasteiger partial charge >= 0.3 is 0 Å². The van der Waals surface area contributed by atoms with Crippen LogP contribution < -0.4 is 14.5 Å². The maximum atomic E-state index is 12.7. The molecule has 7 nitrogen and oxygen atoms in total. The number of nitrogens with zero attached hydrogens (tertiary/aromatic N) is 3. The van der Waals surface area contributed by atoms with Crippen LogP contribution >= 0.6 is 0 Å². The van der Waals surface area contributed by atoms with Crippen molar-refractivity contribution in [3.8, 4) is 0 Å². The lowest BCUT2D eigenvalue weighted by atomic mass is 10.1. The zero-order chi connectivity index (χ0) is 19.6. The topological polar surface area (TPSA) is 82.6 Å². The molecule has 0 saturated carbocycles. The van der Waals surface area contributed by atoms with Crippen molar-refractivity contribution in [3.63, 3.8) is 0 Å². The Bertz CT molecular complexity index is 957. The summed E-state index contributed by atoms with van der Waals surface area (Å²) in [5, 5.41) is 2.86. The third-order valence-electron chi connectivity index (χ3n) is 4.54. The maximum Gasteiger partial charge on any atom is 0.259 e. The Morgan fingerprint density at radius 3 is 2.70 bits per heavy atom. The molecule has 144 valence electrons. The van der Waals surface area contributed by atoms with Gasteiger partial charge in [-0.25, -0.2) is 13.4 Å². The van der Waals surface area contributed by atoms with Crippen molar-refractivity contribution in [3.05, 3.63) is 47.7 Å². The summed E-state index contributed by atoms with van der Waals surface area (Å²) in [6.45, 7) is 2.34. The fourth-order valence-corrected chi connectivity index (χ4v) is 4.84. The van der Waals surface area contributed by atoms with Crippen LogP contribution in [0.3, 0.4) is 0 Å². The highest BCUT2D eigenvalue weighted by molar-refractivity contribution is 7.92. The molecule has 0 radical (unpaired) electrons. The minimum atomic E-state index is -3.31. The first-order chi connectivity index (χ1) is 12.8. The maximum absolute atomic E-state index is 12.7. The summed E-state index contributed by atoms with van der Waals surface area (Å²) < 4.78 is 26.3. The molecule has 0 aliphatic carbocycles. The molecule has 1 N–H and O–H groups in total. The highest BCUT2D eigenvalue weighted by Crippen LogP contribution is 2.30. The molecule has 2 aromatic rings. The molecule has 2 heterocycles. The van der Waals surface area contributed by atoms with Crippen molar-refractivity contribution < 1.29 is 13.2 Å². The average molecular weight is 388 g/mol. The normalized spacial score (nSPS) is 16.0. The van der Waals surface area contributed by atoms with Crippen molar-refractivity contribution in [2.24, 2.45) is 0 Å². The van der Waals surface area contributed by atoms with Gasteiger partial charge in [-0.3, -0.25) is 9.10 Å². The average Bonchev–Trinajstić information content (AvgIpc) is 2.63. The van der Waals surface area contributed by atoms with Crippen molar-refractivity contribution >= 4 is 33.1 Å². The van der Waals surface area contributed by atoms with E-state index in [0.717, 1.165) is 12.0 Å². The van der Waals surface area contributed by atoms with Crippen LogP contribution in [0.4, 0.5) is 17.2 Å². The number of carbonyl (C=O) groups is 1. The van der Waals surface area contributed by atoms with E-state index >= 15 is 0 Å². The Morgan fingerprint density at radius 1 is 1.22 bits per heavy atom. The third-order valence-corrected chi connectivity index (χ3v) is 6.40. The molecule has 1 aliphatic rings. The minimum Gasteiger partial charge on any atom is -0.362 e. The summed E-state index contributed by atoms with van der Waals surface area (Å²) in [5.41, 5.74) is 2.48. The molecular formula is C19H24N4O3S. The Labute approximate surface area is 160 Å². The van der Waals surface area contributed by atoms with E-state index in [1.54, 1.807) is 35.4 Å². The van der Waals surface area contributed by atoms with Crippen LogP contribution in [-0.4, -0.2) is 45.7 Å². The van der Waals surface area contributed by atoms with Gasteiger partial charge in [-0.1, -0.05) is 6.07 Å². The summed E-state index contributed by atoms with van der Waals surface area (Å²) >= 11 is 0. The molecule has 1 fully saturated rings. The number of aromatic nitrogens is 1. The number of amides is 1. The zero-order valence-corrected chi connectivity index (χ0v) is 16.6. The van der Waals surface area contributed by atoms with Gasteiger partial charge in [-0.2, -0.15) is 0 Å². The molecular weight excluding hydrogens is 364 g/mol. The lowest BCUT2D eigenvalue weighted by molar-refractivity contribution is 0.102. The second-order valence-electron chi connectivity index (χ2n) is 6.82. The van der Waals surface area contributed by atoms with Crippen molar-refractivity contribution in [2.75, 3.05) is 40.9 Å². The predicted molar refractivity (Wildman–Crippen MR) is 108 cm³/mol. The van der Waals surface area contributed by atoms with E-state index in [9.17, 15) is 13.2 Å². The van der Waals surface area contributed by atoms with Crippen molar-refractivity contribution in [2.45, 2.75) is 19.8 Å². The van der Waals surface area contributed by atoms with E-state index < -0.39 is 10.0 Å². The van der Waals surface area contributed by atoms with Crippen LogP contribution in [0.2, 0.25) is 0 Å². The van der Waals surface area contributed by atoms with E-state index in [4.69, 9.17) is 0 Å². The number of pyridine rings is 1. The molecule has 27 heavy (non-hydrogen) atoms. The predicted octanol–water partition coefficient (Wildman–Crippen LogP) is 2.64. The van der Waals surface area contributed by atoms with Gasteiger partial charge in [0.25, 0.3) is 5.91 Å². The van der Waals surface area contributed by atoms with Crippen molar-refractivity contribution in [1.29, 1.82) is 0 Å². The third kappa shape index (κ3) is 4.05. The molecule has 1 amide bonds. The van der Waals surface area contributed by atoms with E-state index in [-0.39, 0.29) is 11.7 Å². The Morgan fingerprint density at radius 2 is 2.00 bits per heavy atom. The Kier molecular flexibility index (Phi) is 5.36. The highest BCUT2D eigenvalue weighted by atomic mass is 32.2. The number of rotatable bonds is 4. The van der Waals surface area contributed by atoms with E-state index in [1.807, 2.05) is 27.1 Å². The number of hydrogen-bond donors (Lipinski definition) is 1. The number of aryl methyl sites for hydroxylation is 1. The molecule has 8 heteroatoms. The Balaban J connectivity index is 1.90. The van der Waals surface area contributed by atoms with Gasteiger partial charge in [-0.05, 0) is 49.6 Å². The van der Waals surface area contributed by atoms with Gasteiger partial charge in [0.05, 0.1) is 17.0 Å². The van der Waals surface area contributed by atoms with E-state index in [1.165, 1.54) is 4.31 Å². The van der Waals surface area contributed by atoms with Gasteiger partial charge in [0, 0.05) is 32.5 Å². The molecule has 1 aromatic carbocycles. The molecule has 0 unspecified atom stereocenters. The number of carbonyl (C=O) groups excluding carboxylic acids is 1. The van der Waals surface area contributed by atoms with Gasteiger partial charge in [-0.15, -0.1) is 0 Å². The summed E-state index contributed by atoms with van der Waals surface area (Å²) in [5.74, 6) is 0.439. The molecule has 3 rings (SSSR count). The van der Waals surface area contributed by atoms with Crippen LogP contribution in [0.15, 0.2) is 36.5 Å². The zero-order valence-electron chi connectivity index (χ0n) is 15.8. The number of nitrogens with one attached hydrogen (secondary N) is 1. The first kappa shape index (κ1) is 19.2. The monoisotopic (exact) mass is 388 g/mol. The van der Waals surface area contributed by atoms with Crippen molar-refractivity contribution in [1.82, 2.24) is 4.98 Å². The number of anilines is 3. The largest absolute Gasteiger partial charge is 0.362 e. The van der Waals surface area contributed by atoms with Gasteiger partial charge in [0.2, 0.25) is 10.0 Å². The lowest BCUT2D eigenvalue weighted by Gasteiger charge is -2.29. The smallest absolute Gasteiger partial charge is 0.259 e. The first-order valence-corrected chi connectivity index (χ1v) is 10.5. The summed E-state index contributed by atoms with van der Waals surface area (Å²) in [4.78, 5) is 18.7. The van der Waals surface area contributed by atoms with Gasteiger partial charge < -0.3 is 10.2 Å². The number of sulfonamides is 1. The Hall–Kier alpha value is -2.61. The van der Waals surface area contributed by atoms with Crippen LogP contribution in [0.5, 0.6) is 0 Å². The number of benzene rings is 1. The second-order valence-corrected chi connectivity index (χ2v) is 8.83. The van der Waals surface area contributed by atoms with Crippen LogP contribution in [0.25, 0.3) is 0 Å². The highest BCUT2D eigenvalue weighted by Gasteiger charge is 2.27. The molecule has 0 spiro atoms. The molecule has 0 atom stereocenters. The van der Waals surface area contributed by atoms with E-state index in [2.05, 4.69) is 10.3 Å². The van der Waals surface area contributed by atoms with Crippen LogP contribution in [0.1, 0.15) is 28.8 Å². The minimum absolute atomic E-state index is 0.158. The van der Waals surface area contributed by atoms with E-state index in [0.29, 0.717) is 35.7 Å². The second kappa shape index (κ2) is 7.56. The summed E-state index contributed by atoms with van der Waals surface area (Å²) in [6, 6.07) is 8.75. The van der Waals surface area contributed by atoms with Crippen LogP contribution in [-0.2, 0) is 10.0 Å². The summed E-state index contributed by atoms with van der Waals surface area (Å²) in [6.07, 6.45) is 3.15. The molecule has 1 aromatic heterocycles. The van der Waals surface area contributed by atoms with Crippen LogP contribution in [0, 0.1) is 6.92 Å². The fraction of sp³-hybridized carbons (Fsp3) is 0.368. The lowest BCUT2D eigenvalue weighted by Crippen LogP contribution is -2.38. The standard InChI is InChI=1S/C19H24N4O3S/c1-14-8-9-15(13-17(14)23-11-4-5-12-27(23,25)26)21-19(24)16-7-6-10-20-18(16)22(2)3/h6-10,13H,4-5,11-12H2,1-3H3,(H,21,24). The first-order valence-electron chi connectivity index (χ1n) is 8.84. The molecule has 1 saturated heterocycles. The summed E-state index contributed by atoms with van der Waals surface area (Å²) in [7, 11) is 0.337. The van der Waals surface area contributed by atoms with Gasteiger partial charge in [0.1, 0.15) is 5.82 Å². The SMILES string of the molecule is Cc1ccc(NC(=O)c2cccnc2N(C)C)cc1N1CCCCS1(=O)=O. The number of hydrogen-bond acceptors (Lipinski definition) is 5.